The second kappa shape index (κ2) is 6.29. The predicted molar refractivity (Wildman–Crippen MR) is 93.9 cm³/mol. The first-order chi connectivity index (χ1) is 11.8. The number of hydrogen-bond donors (Lipinski definition) is 3. The van der Waals surface area contributed by atoms with Crippen LogP contribution in [0.5, 0.6) is 0 Å². The molecule has 0 aliphatic heterocycles. The Labute approximate surface area is 150 Å². The van der Waals surface area contributed by atoms with Gasteiger partial charge in [-0.1, -0.05) is 0 Å². The molecule has 0 saturated heterocycles. The number of halogens is 1. The Balaban J connectivity index is 1.67. The van der Waals surface area contributed by atoms with Gasteiger partial charge in [-0.05, 0) is 50.5 Å². The molecule has 0 unspecified atom stereocenters. The summed E-state index contributed by atoms with van der Waals surface area (Å²) in [4.78, 5) is 13.3. The molecular weight excluding hydrogens is 365 g/mol. The number of carbonyl (C=O) groups is 1. The van der Waals surface area contributed by atoms with Crippen LogP contribution in [0.1, 0.15) is 42.5 Å². The van der Waals surface area contributed by atoms with Crippen LogP contribution >= 0.6 is 11.3 Å². The van der Waals surface area contributed by atoms with Crippen molar-refractivity contribution in [2.75, 3.05) is 5.32 Å². The highest BCUT2D eigenvalue weighted by atomic mass is 32.2. The summed E-state index contributed by atoms with van der Waals surface area (Å²) in [6.45, 7) is 0. The highest BCUT2D eigenvalue weighted by molar-refractivity contribution is 7.90. The molecule has 25 heavy (non-hydrogen) atoms. The quantitative estimate of drug-likeness (QED) is 0.716. The zero-order valence-electron chi connectivity index (χ0n) is 13.8. The standard InChI is InChI=1S/C16H22FN3O3S2/c17-9-5-11(6-9)20-25(22,23)14-12-7-10(18)3-4-13(12)24-16(14)19-15(21)8-1-2-8/h8-11,20H,1-7,18H2,(H,19,21)/t9-,10-,11-/m0/s1. The van der Waals surface area contributed by atoms with Gasteiger partial charge in [-0.15, -0.1) is 11.3 Å². The third-order valence-corrected chi connectivity index (χ3v) is 8.07. The summed E-state index contributed by atoms with van der Waals surface area (Å²) in [5, 5.41) is 3.20. The smallest absolute Gasteiger partial charge is 0.244 e. The van der Waals surface area contributed by atoms with Crippen LogP contribution in [0.2, 0.25) is 0 Å². The summed E-state index contributed by atoms with van der Waals surface area (Å²) in [5.74, 6) is -0.129. The minimum Gasteiger partial charge on any atom is -0.327 e. The number of thiophene rings is 1. The predicted octanol–water partition coefficient (Wildman–Crippen LogP) is 1.69. The van der Waals surface area contributed by atoms with Crippen molar-refractivity contribution in [3.05, 3.63) is 10.4 Å². The summed E-state index contributed by atoms with van der Waals surface area (Å²) in [7, 11) is -3.82. The number of aryl methyl sites for hydroxylation is 1. The van der Waals surface area contributed by atoms with E-state index in [1.807, 2.05) is 0 Å². The molecule has 1 aromatic rings. The first-order valence-electron chi connectivity index (χ1n) is 8.71. The largest absolute Gasteiger partial charge is 0.327 e. The average Bonchev–Trinajstić information content (AvgIpc) is 3.27. The number of hydrogen-bond acceptors (Lipinski definition) is 5. The van der Waals surface area contributed by atoms with Crippen LogP contribution in [-0.2, 0) is 27.7 Å². The zero-order valence-corrected chi connectivity index (χ0v) is 15.4. The summed E-state index contributed by atoms with van der Waals surface area (Å²) in [6.07, 6.45) is 3.18. The van der Waals surface area contributed by atoms with E-state index in [0.29, 0.717) is 11.4 Å². The molecule has 4 rings (SSSR count). The lowest BCUT2D eigenvalue weighted by Gasteiger charge is -2.30. The van der Waals surface area contributed by atoms with Gasteiger partial charge >= 0.3 is 0 Å². The van der Waals surface area contributed by atoms with Gasteiger partial charge in [0.2, 0.25) is 15.9 Å². The molecule has 0 spiro atoms. The van der Waals surface area contributed by atoms with Crippen LogP contribution in [0.4, 0.5) is 9.39 Å². The molecule has 2 fully saturated rings. The summed E-state index contributed by atoms with van der Waals surface area (Å²) < 4.78 is 41.5. The molecule has 6 nitrogen and oxygen atoms in total. The number of carbonyl (C=O) groups excluding carboxylic acids is 1. The number of alkyl halides is 1. The van der Waals surface area contributed by atoms with Crippen molar-refractivity contribution in [2.24, 2.45) is 11.7 Å². The molecule has 1 atom stereocenters. The van der Waals surface area contributed by atoms with Crippen molar-refractivity contribution in [1.29, 1.82) is 0 Å². The number of fused-ring (bicyclic) bond motifs is 1. The maximum absolute atomic E-state index is 13.1. The highest BCUT2D eigenvalue weighted by Gasteiger charge is 2.38. The van der Waals surface area contributed by atoms with Crippen LogP contribution in [0.3, 0.4) is 0 Å². The third kappa shape index (κ3) is 3.47. The second-order valence-electron chi connectivity index (χ2n) is 7.32. The minimum absolute atomic E-state index is 0.0103. The molecule has 9 heteroatoms. The molecule has 1 aromatic heterocycles. The number of rotatable bonds is 5. The topological polar surface area (TPSA) is 101 Å². The van der Waals surface area contributed by atoms with Crippen molar-refractivity contribution in [2.45, 2.75) is 68.1 Å². The van der Waals surface area contributed by atoms with Crippen molar-refractivity contribution in [3.63, 3.8) is 0 Å². The first-order valence-corrected chi connectivity index (χ1v) is 11.0. The Hall–Kier alpha value is -1.03. The van der Waals surface area contributed by atoms with E-state index in [0.717, 1.165) is 36.1 Å². The number of nitrogens with two attached hydrogens (primary N) is 1. The number of amides is 1. The molecule has 1 heterocycles. The zero-order chi connectivity index (χ0) is 17.8. The molecule has 3 aliphatic carbocycles. The lowest BCUT2D eigenvalue weighted by atomic mass is 9.92. The van der Waals surface area contributed by atoms with Crippen LogP contribution in [-0.4, -0.2) is 32.6 Å². The van der Waals surface area contributed by atoms with E-state index in [4.69, 9.17) is 5.73 Å². The monoisotopic (exact) mass is 387 g/mol. The third-order valence-electron chi connectivity index (χ3n) is 5.11. The number of sulfonamides is 1. The molecule has 4 N–H and O–H groups in total. The van der Waals surface area contributed by atoms with E-state index in [1.54, 1.807) is 0 Å². The minimum atomic E-state index is -3.82. The Kier molecular flexibility index (Phi) is 4.38. The van der Waals surface area contributed by atoms with Crippen molar-refractivity contribution >= 4 is 32.3 Å². The maximum Gasteiger partial charge on any atom is 0.244 e. The van der Waals surface area contributed by atoms with Crippen LogP contribution in [0.25, 0.3) is 0 Å². The number of nitrogens with one attached hydrogen (secondary N) is 2. The fourth-order valence-electron chi connectivity index (χ4n) is 3.43. The SMILES string of the molecule is N[C@H]1CCc2sc(NC(=O)C3CC3)c(S(=O)(=O)N[C@H]3C[C@H](F)C3)c2C1. The second-order valence-corrected chi connectivity index (χ2v) is 10.1. The number of anilines is 1. The molecule has 0 radical (unpaired) electrons. The molecule has 1 amide bonds. The Morgan fingerprint density at radius 3 is 2.60 bits per heavy atom. The van der Waals surface area contributed by atoms with E-state index in [-0.39, 0.29) is 41.6 Å². The summed E-state index contributed by atoms with van der Waals surface area (Å²) in [5.41, 5.74) is 6.76. The van der Waals surface area contributed by atoms with Crippen molar-refractivity contribution < 1.29 is 17.6 Å². The van der Waals surface area contributed by atoms with E-state index in [9.17, 15) is 17.6 Å². The first kappa shape index (κ1) is 17.4. The fraction of sp³-hybridized carbons (Fsp3) is 0.688. The maximum atomic E-state index is 13.1. The molecular formula is C16H22FN3O3S2. The van der Waals surface area contributed by atoms with Gasteiger partial charge in [0.15, 0.2) is 0 Å². The van der Waals surface area contributed by atoms with Crippen molar-refractivity contribution in [3.8, 4) is 0 Å². The van der Waals surface area contributed by atoms with Gasteiger partial charge in [0.25, 0.3) is 0 Å². The summed E-state index contributed by atoms with van der Waals surface area (Å²) in [6, 6.07) is -0.457. The Morgan fingerprint density at radius 2 is 1.96 bits per heavy atom. The fourth-order valence-corrected chi connectivity index (χ4v) is 6.67. The van der Waals surface area contributed by atoms with Gasteiger partial charge in [-0.3, -0.25) is 4.79 Å². The van der Waals surface area contributed by atoms with Gasteiger partial charge < -0.3 is 11.1 Å². The van der Waals surface area contributed by atoms with Gasteiger partial charge in [0.1, 0.15) is 16.1 Å². The van der Waals surface area contributed by atoms with E-state index in [1.165, 1.54) is 11.3 Å². The Bertz CT molecular complexity index is 798. The molecule has 0 aromatic carbocycles. The van der Waals surface area contributed by atoms with Crippen LogP contribution < -0.4 is 15.8 Å². The lowest BCUT2D eigenvalue weighted by molar-refractivity contribution is -0.117. The summed E-state index contributed by atoms with van der Waals surface area (Å²) >= 11 is 1.34. The molecule has 3 aliphatic rings. The van der Waals surface area contributed by atoms with E-state index < -0.39 is 16.2 Å². The van der Waals surface area contributed by atoms with E-state index >= 15 is 0 Å². The lowest BCUT2D eigenvalue weighted by Crippen LogP contribution is -2.45. The highest BCUT2D eigenvalue weighted by Crippen LogP contribution is 2.42. The molecule has 0 bridgehead atoms. The van der Waals surface area contributed by atoms with Gasteiger partial charge in [0, 0.05) is 22.9 Å². The normalized spacial score (nSPS) is 29.0. The molecule has 2 saturated carbocycles. The Morgan fingerprint density at radius 1 is 1.24 bits per heavy atom. The molecule has 138 valence electrons. The van der Waals surface area contributed by atoms with E-state index in [2.05, 4.69) is 10.0 Å². The average molecular weight is 388 g/mol. The van der Waals surface area contributed by atoms with Crippen molar-refractivity contribution in [1.82, 2.24) is 4.72 Å². The van der Waals surface area contributed by atoms with Gasteiger partial charge in [0.05, 0.1) is 0 Å². The van der Waals surface area contributed by atoms with Gasteiger partial charge in [-0.2, -0.15) is 0 Å². The van der Waals surface area contributed by atoms with Gasteiger partial charge in [-0.25, -0.2) is 17.5 Å². The van der Waals surface area contributed by atoms with Crippen LogP contribution in [0, 0.1) is 5.92 Å². The van der Waals surface area contributed by atoms with Crippen LogP contribution in [0.15, 0.2) is 4.90 Å².